The van der Waals surface area contributed by atoms with E-state index in [1.165, 1.54) is 12.1 Å². The lowest BCUT2D eigenvalue weighted by atomic mass is 9.99. The van der Waals surface area contributed by atoms with E-state index >= 15 is 0 Å². The second kappa shape index (κ2) is 8.24. The van der Waals surface area contributed by atoms with Gasteiger partial charge in [-0.05, 0) is 42.3 Å². The minimum absolute atomic E-state index is 0.111. The van der Waals surface area contributed by atoms with Gasteiger partial charge in [-0.1, -0.05) is 12.1 Å². The average Bonchev–Trinajstić information content (AvgIpc) is 2.55. The van der Waals surface area contributed by atoms with Crippen LogP contribution in [-0.2, 0) is 9.53 Å². The Kier molecular flexibility index (Phi) is 6.03. The maximum absolute atomic E-state index is 13.1. The van der Waals surface area contributed by atoms with Crippen LogP contribution in [0.25, 0.3) is 0 Å². The topological polar surface area (TPSA) is 51.2 Å². The summed E-state index contributed by atoms with van der Waals surface area (Å²) < 4.78 is 18.3. The molecule has 2 aromatic rings. The van der Waals surface area contributed by atoms with Crippen LogP contribution >= 0.6 is 0 Å². The molecule has 0 saturated carbocycles. The number of benzene rings is 1. The third kappa shape index (κ3) is 4.63. The summed E-state index contributed by atoms with van der Waals surface area (Å²) in [5.74, 6) is -0.417. The molecule has 4 nitrogen and oxygen atoms in total. The van der Waals surface area contributed by atoms with E-state index in [4.69, 9.17) is 4.74 Å². The minimum Gasteiger partial charge on any atom is -0.381 e. The largest absolute Gasteiger partial charge is 0.381 e. The van der Waals surface area contributed by atoms with Crippen LogP contribution in [0.1, 0.15) is 30.5 Å². The first-order valence-corrected chi connectivity index (χ1v) is 7.23. The molecule has 0 unspecified atom stereocenters. The van der Waals surface area contributed by atoms with Crippen molar-refractivity contribution in [3.05, 3.63) is 65.7 Å². The van der Waals surface area contributed by atoms with E-state index in [0.29, 0.717) is 13.2 Å². The van der Waals surface area contributed by atoms with Crippen LogP contribution in [-0.4, -0.2) is 24.1 Å². The Labute approximate surface area is 129 Å². The Morgan fingerprint density at radius 3 is 2.45 bits per heavy atom. The Morgan fingerprint density at radius 2 is 1.82 bits per heavy atom. The normalized spacial score (nSPS) is 11.9. The molecule has 5 heteroatoms. The lowest BCUT2D eigenvalue weighted by Gasteiger charge is -2.19. The molecular weight excluding hydrogens is 283 g/mol. The van der Waals surface area contributed by atoms with E-state index in [0.717, 1.165) is 11.1 Å². The summed E-state index contributed by atoms with van der Waals surface area (Å²) in [6, 6.07) is 9.43. The van der Waals surface area contributed by atoms with E-state index in [-0.39, 0.29) is 24.2 Å². The fraction of sp³-hybridized carbons (Fsp3) is 0.294. The quantitative estimate of drug-likeness (QED) is 0.800. The highest BCUT2D eigenvalue weighted by Gasteiger charge is 2.16. The molecular formula is C17H19FN2O2. The van der Waals surface area contributed by atoms with Crippen molar-refractivity contribution in [2.75, 3.05) is 13.2 Å². The number of carbonyl (C=O) groups is 1. The summed E-state index contributed by atoms with van der Waals surface area (Å²) in [6.07, 6.45) is 3.62. The maximum atomic E-state index is 13.1. The molecule has 0 aliphatic rings. The molecule has 116 valence electrons. The van der Waals surface area contributed by atoms with Crippen molar-refractivity contribution < 1.29 is 13.9 Å². The van der Waals surface area contributed by atoms with E-state index in [9.17, 15) is 9.18 Å². The Morgan fingerprint density at radius 1 is 1.18 bits per heavy atom. The van der Waals surface area contributed by atoms with Gasteiger partial charge in [0, 0.05) is 25.4 Å². The zero-order chi connectivity index (χ0) is 15.8. The number of hydrogen-bond donors (Lipinski definition) is 1. The number of nitrogens with zero attached hydrogens (tertiary/aromatic N) is 1. The van der Waals surface area contributed by atoms with Gasteiger partial charge in [0.25, 0.3) is 0 Å². The summed E-state index contributed by atoms with van der Waals surface area (Å²) in [5, 5.41) is 2.96. The summed E-state index contributed by atoms with van der Waals surface area (Å²) in [4.78, 5) is 16.0. The second-order valence-electron chi connectivity index (χ2n) is 4.78. The molecule has 0 spiro atoms. The van der Waals surface area contributed by atoms with Crippen molar-refractivity contribution in [3.63, 3.8) is 0 Å². The van der Waals surface area contributed by atoms with Gasteiger partial charge in [0.05, 0.1) is 12.6 Å². The van der Waals surface area contributed by atoms with Gasteiger partial charge in [0.2, 0.25) is 5.91 Å². The minimum atomic E-state index is -0.335. The van der Waals surface area contributed by atoms with E-state index in [1.807, 2.05) is 19.1 Å². The van der Waals surface area contributed by atoms with Crippen LogP contribution < -0.4 is 5.32 Å². The predicted molar refractivity (Wildman–Crippen MR) is 81.7 cm³/mol. The number of halogens is 1. The lowest BCUT2D eigenvalue weighted by molar-refractivity contribution is -0.122. The number of rotatable bonds is 7. The van der Waals surface area contributed by atoms with Crippen molar-refractivity contribution in [2.24, 2.45) is 0 Å². The lowest BCUT2D eigenvalue weighted by Crippen LogP contribution is -2.30. The van der Waals surface area contributed by atoms with E-state index in [1.54, 1.807) is 24.5 Å². The fourth-order valence-corrected chi connectivity index (χ4v) is 2.11. The third-order valence-electron chi connectivity index (χ3n) is 3.23. The molecule has 0 saturated heterocycles. The monoisotopic (exact) mass is 302 g/mol. The van der Waals surface area contributed by atoms with Crippen molar-refractivity contribution in [1.29, 1.82) is 0 Å². The van der Waals surface area contributed by atoms with Crippen LogP contribution in [0.4, 0.5) is 4.39 Å². The molecule has 1 aromatic heterocycles. The fourth-order valence-electron chi connectivity index (χ4n) is 2.11. The molecule has 22 heavy (non-hydrogen) atoms. The van der Waals surface area contributed by atoms with Crippen LogP contribution in [0.5, 0.6) is 0 Å². The number of hydrogen-bond acceptors (Lipinski definition) is 3. The van der Waals surface area contributed by atoms with Crippen LogP contribution in [0.2, 0.25) is 0 Å². The van der Waals surface area contributed by atoms with Gasteiger partial charge in [-0.15, -0.1) is 0 Å². The predicted octanol–water partition coefficient (Wildman–Crippen LogP) is 2.85. The standard InChI is InChI=1S/C17H19FN2O2/c1-2-22-12-9-16(21)20-17(14-7-10-19-11-8-14)13-3-5-15(18)6-4-13/h3-8,10-11,17H,2,9,12H2,1H3,(H,20,21)/t17-/m0/s1. The van der Waals surface area contributed by atoms with E-state index < -0.39 is 0 Å². The van der Waals surface area contributed by atoms with Crippen molar-refractivity contribution >= 4 is 5.91 Å². The first-order chi connectivity index (χ1) is 10.7. The molecule has 0 fully saturated rings. The molecule has 0 aliphatic heterocycles. The van der Waals surface area contributed by atoms with Gasteiger partial charge >= 0.3 is 0 Å². The van der Waals surface area contributed by atoms with Crippen LogP contribution in [0.15, 0.2) is 48.8 Å². The van der Waals surface area contributed by atoms with Crippen molar-refractivity contribution in [2.45, 2.75) is 19.4 Å². The molecule has 0 bridgehead atoms. The number of ether oxygens (including phenoxy) is 1. The van der Waals surface area contributed by atoms with E-state index in [2.05, 4.69) is 10.3 Å². The van der Waals surface area contributed by atoms with Gasteiger partial charge in [0.15, 0.2) is 0 Å². The number of aromatic nitrogens is 1. The summed E-state index contributed by atoms with van der Waals surface area (Å²) in [5.41, 5.74) is 1.71. The van der Waals surface area contributed by atoms with Gasteiger partial charge in [-0.25, -0.2) is 4.39 Å². The Balaban J connectivity index is 2.15. The average molecular weight is 302 g/mol. The van der Waals surface area contributed by atoms with Gasteiger partial charge < -0.3 is 10.1 Å². The van der Waals surface area contributed by atoms with Crippen LogP contribution in [0.3, 0.4) is 0 Å². The second-order valence-corrected chi connectivity index (χ2v) is 4.78. The molecule has 1 aromatic carbocycles. The summed E-state index contributed by atoms with van der Waals surface area (Å²) in [6.45, 7) is 2.85. The molecule has 0 aliphatic carbocycles. The Hall–Kier alpha value is -2.27. The highest BCUT2D eigenvalue weighted by atomic mass is 19.1. The van der Waals surface area contributed by atoms with Crippen LogP contribution in [0, 0.1) is 5.82 Å². The SMILES string of the molecule is CCOCCC(=O)N[C@H](c1ccncc1)c1ccc(F)cc1. The highest BCUT2D eigenvalue weighted by Crippen LogP contribution is 2.22. The van der Waals surface area contributed by atoms with Crippen molar-refractivity contribution in [1.82, 2.24) is 10.3 Å². The number of pyridine rings is 1. The molecule has 1 atom stereocenters. The van der Waals surface area contributed by atoms with Gasteiger partial charge in [-0.2, -0.15) is 0 Å². The first kappa shape index (κ1) is 16.1. The van der Waals surface area contributed by atoms with Gasteiger partial charge in [0.1, 0.15) is 5.82 Å². The van der Waals surface area contributed by atoms with Gasteiger partial charge in [-0.3, -0.25) is 9.78 Å². The molecule has 0 radical (unpaired) electrons. The molecule has 1 heterocycles. The zero-order valence-corrected chi connectivity index (χ0v) is 12.5. The first-order valence-electron chi connectivity index (χ1n) is 7.23. The number of amides is 1. The zero-order valence-electron chi connectivity index (χ0n) is 12.5. The number of nitrogens with one attached hydrogen (secondary N) is 1. The number of carbonyl (C=O) groups excluding carboxylic acids is 1. The molecule has 2 rings (SSSR count). The summed E-state index contributed by atoms with van der Waals surface area (Å²) >= 11 is 0. The smallest absolute Gasteiger partial charge is 0.223 e. The Bertz CT molecular complexity index is 587. The highest BCUT2D eigenvalue weighted by molar-refractivity contribution is 5.77. The molecule has 1 N–H and O–H groups in total. The third-order valence-corrected chi connectivity index (χ3v) is 3.23. The van der Waals surface area contributed by atoms with Crippen molar-refractivity contribution in [3.8, 4) is 0 Å². The summed E-state index contributed by atoms with van der Waals surface area (Å²) in [7, 11) is 0. The maximum Gasteiger partial charge on any atom is 0.223 e. The molecule has 1 amide bonds.